The number of carbonyl (C=O) groups excluding carboxylic acids is 1. The van der Waals surface area contributed by atoms with Crippen LogP contribution in [-0.2, 0) is 11.2 Å². The molecule has 1 aromatic carbocycles. The van der Waals surface area contributed by atoms with Gasteiger partial charge in [0, 0.05) is 33.2 Å². The fraction of sp³-hybridized carbons (Fsp3) is 0.652. The minimum atomic E-state index is 0.169. The zero-order chi connectivity index (χ0) is 20.3. The molecule has 2 heterocycles. The second kappa shape index (κ2) is 11.8. The SMILES string of the molecule is CN=C(NCCN1CCCCC1)NCC(=O)N1CCC(Cc2ccccc2)CC1. The number of rotatable bonds is 7. The molecule has 3 rings (SSSR count). The third-order valence-corrected chi connectivity index (χ3v) is 6.13. The lowest BCUT2D eigenvalue weighted by atomic mass is 9.90. The van der Waals surface area contributed by atoms with E-state index in [-0.39, 0.29) is 5.91 Å². The number of hydrogen-bond donors (Lipinski definition) is 2. The lowest BCUT2D eigenvalue weighted by Gasteiger charge is -2.32. The molecule has 2 N–H and O–H groups in total. The molecule has 0 radical (unpaired) electrons. The van der Waals surface area contributed by atoms with Crippen molar-refractivity contribution in [2.75, 3.05) is 52.9 Å². The van der Waals surface area contributed by atoms with E-state index in [1.807, 2.05) is 4.90 Å². The van der Waals surface area contributed by atoms with Crippen molar-refractivity contribution in [3.05, 3.63) is 35.9 Å². The van der Waals surface area contributed by atoms with Crippen molar-refractivity contribution in [1.82, 2.24) is 20.4 Å². The van der Waals surface area contributed by atoms with Gasteiger partial charge in [-0.25, -0.2) is 0 Å². The summed E-state index contributed by atoms with van der Waals surface area (Å²) in [6.45, 7) is 6.33. The number of benzene rings is 1. The summed E-state index contributed by atoms with van der Waals surface area (Å²) in [5.74, 6) is 1.56. The first-order valence-electron chi connectivity index (χ1n) is 11.2. The van der Waals surface area contributed by atoms with E-state index in [1.54, 1.807) is 7.05 Å². The van der Waals surface area contributed by atoms with Crippen LogP contribution in [0.25, 0.3) is 0 Å². The molecule has 1 amide bonds. The van der Waals surface area contributed by atoms with Gasteiger partial charge in [-0.15, -0.1) is 0 Å². The van der Waals surface area contributed by atoms with Crippen LogP contribution in [0.2, 0.25) is 0 Å². The van der Waals surface area contributed by atoms with Gasteiger partial charge in [0.15, 0.2) is 5.96 Å². The highest BCUT2D eigenvalue weighted by Gasteiger charge is 2.23. The number of amides is 1. The third kappa shape index (κ3) is 7.35. The maximum Gasteiger partial charge on any atom is 0.241 e. The molecule has 2 saturated heterocycles. The summed E-state index contributed by atoms with van der Waals surface area (Å²) in [5.41, 5.74) is 1.40. The van der Waals surface area contributed by atoms with Crippen LogP contribution in [0.5, 0.6) is 0 Å². The van der Waals surface area contributed by atoms with E-state index in [0.717, 1.165) is 45.4 Å². The third-order valence-electron chi connectivity index (χ3n) is 6.13. The highest BCUT2D eigenvalue weighted by molar-refractivity contribution is 5.86. The summed E-state index contributed by atoms with van der Waals surface area (Å²) < 4.78 is 0. The van der Waals surface area contributed by atoms with E-state index >= 15 is 0 Å². The van der Waals surface area contributed by atoms with Crippen LogP contribution in [0.3, 0.4) is 0 Å². The quantitative estimate of drug-likeness (QED) is 0.545. The molecule has 29 heavy (non-hydrogen) atoms. The van der Waals surface area contributed by atoms with Crippen LogP contribution < -0.4 is 10.6 Å². The second-order valence-corrected chi connectivity index (χ2v) is 8.27. The van der Waals surface area contributed by atoms with E-state index in [1.165, 1.54) is 37.9 Å². The number of aliphatic imine (C=N–C) groups is 1. The van der Waals surface area contributed by atoms with Crippen molar-refractivity contribution in [2.45, 2.75) is 38.5 Å². The van der Waals surface area contributed by atoms with Crippen molar-refractivity contribution in [2.24, 2.45) is 10.9 Å². The molecular weight excluding hydrogens is 362 g/mol. The number of carbonyl (C=O) groups is 1. The molecule has 1 aromatic rings. The average molecular weight is 400 g/mol. The number of likely N-dealkylation sites (tertiary alicyclic amines) is 2. The lowest BCUT2D eigenvalue weighted by molar-refractivity contribution is -0.131. The molecule has 0 aromatic heterocycles. The van der Waals surface area contributed by atoms with Gasteiger partial charge < -0.3 is 20.4 Å². The largest absolute Gasteiger partial charge is 0.355 e. The van der Waals surface area contributed by atoms with Crippen LogP contribution in [0.4, 0.5) is 0 Å². The number of nitrogens with zero attached hydrogens (tertiary/aromatic N) is 3. The summed E-state index contributed by atoms with van der Waals surface area (Å²) >= 11 is 0. The van der Waals surface area contributed by atoms with Crippen molar-refractivity contribution in [3.8, 4) is 0 Å². The first-order valence-corrected chi connectivity index (χ1v) is 11.2. The van der Waals surface area contributed by atoms with Crippen LogP contribution >= 0.6 is 0 Å². The van der Waals surface area contributed by atoms with Gasteiger partial charge in [-0.3, -0.25) is 9.79 Å². The van der Waals surface area contributed by atoms with Gasteiger partial charge >= 0.3 is 0 Å². The molecular formula is C23H37N5O. The van der Waals surface area contributed by atoms with E-state index in [2.05, 4.69) is 50.9 Å². The molecule has 2 aliphatic heterocycles. The van der Waals surface area contributed by atoms with Gasteiger partial charge in [-0.05, 0) is 56.7 Å². The molecule has 0 spiro atoms. The second-order valence-electron chi connectivity index (χ2n) is 8.27. The van der Waals surface area contributed by atoms with Gasteiger partial charge in [-0.1, -0.05) is 36.8 Å². The lowest BCUT2D eigenvalue weighted by Crippen LogP contribution is -2.48. The molecule has 0 bridgehead atoms. The molecule has 6 nitrogen and oxygen atoms in total. The van der Waals surface area contributed by atoms with Gasteiger partial charge in [0.1, 0.15) is 0 Å². The van der Waals surface area contributed by atoms with Crippen molar-refractivity contribution < 1.29 is 4.79 Å². The molecule has 160 valence electrons. The molecule has 2 fully saturated rings. The Labute approximate surface area is 175 Å². The molecule has 0 aliphatic carbocycles. The molecule has 0 unspecified atom stereocenters. The predicted octanol–water partition coefficient (Wildman–Crippen LogP) is 2.12. The Hall–Kier alpha value is -2.08. The Morgan fingerprint density at radius 3 is 2.45 bits per heavy atom. The maximum atomic E-state index is 12.6. The summed E-state index contributed by atoms with van der Waals surface area (Å²) in [6, 6.07) is 10.7. The number of piperidine rings is 2. The first-order chi connectivity index (χ1) is 14.2. The maximum absolute atomic E-state index is 12.6. The fourth-order valence-corrected chi connectivity index (χ4v) is 4.34. The van der Waals surface area contributed by atoms with Gasteiger partial charge in [-0.2, -0.15) is 0 Å². The van der Waals surface area contributed by atoms with Crippen molar-refractivity contribution in [1.29, 1.82) is 0 Å². The number of guanidine groups is 1. The zero-order valence-electron chi connectivity index (χ0n) is 17.9. The van der Waals surface area contributed by atoms with Crippen LogP contribution in [-0.4, -0.2) is 74.5 Å². The minimum absolute atomic E-state index is 0.169. The Bertz CT molecular complexity index is 634. The van der Waals surface area contributed by atoms with Gasteiger partial charge in [0.2, 0.25) is 5.91 Å². The normalized spacial score (nSPS) is 19.2. The molecule has 0 saturated carbocycles. The zero-order valence-corrected chi connectivity index (χ0v) is 17.9. The van der Waals surface area contributed by atoms with E-state index in [9.17, 15) is 4.79 Å². The summed E-state index contributed by atoms with van der Waals surface area (Å²) in [6.07, 6.45) is 7.27. The Morgan fingerprint density at radius 1 is 1.03 bits per heavy atom. The van der Waals surface area contributed by atoms with Gasteiger partial charge in [0.05, 0.1) is 6.54 Å². The van der Waals surface area contributed by atoms with Gasteiger partial charge in [0.25, 0.3) is 0 Å². The van der Waals surface area contributed by atoms with E-state index in [4.69, 9.17) is 0 Å². The van der Waals surface area contributed by atoms with E-state index < -0.39 is 0 Å². The Kier molecular flexibility index (Phi) is 8.81. The summed E-state index contributed by atoms with van der Waals surface area (Å²) in [5, 5.41) is 6.52. The van der Waals surface area contributed by atoms with Crippen molar-refractivity contribution in [3.63, 3.8) is 0 Å². The number of hydrogen-bond acceptors (Lipinski definition) is 3. The standard InChI is InChI=1S/C23H37N5O/c1-24-23(25-12-17-27-13-6-3-7-14-27)26-19-22(29)28-15-10-21(11-16-28)18-20-8-4-2-5-9-20/h2,4-5,8-9,21H,3,6-7,10-19H2,1H3,(H2,24,25,26). The van der Waals surface area contributed by atoms with Crippen LogP contribution in [0, 0.1) is 5.92 Å². The summed E-state index contributed by atoms with van der Waals surface area (Å²) in [4.78, 5) is 21.3. The monoisotopic (exact) mass is 399 g/mol. The van der Waals surface area contributed by atoms with Crippen LogP contribution in [0.1, 0.15) is 37.7 Å². The fourth-order valence-electron chi connectivity index (χ4n) is 4.34. The molecule has 6 heteroatoms. The average Bonchev–Trinajstić information content (AvgIpc) is 2.78. The molecule has 2 aliphatic rings. The predicted molar refractivity (Wildman–Crippen MR) is 119 cm³/mol. The van der Waals surface area contributed by atoms with E-state index in [0.29, 0.717) is 18.4 Å². The first kappa shape index (κ1) is 21.6. The topological polar surface area (TPSA) is 60.0 Å². The summed E-state index contributed by atoms with van der Waals surface area (Å²) in [7, 11) is 1.76. The van der Waals surface area contributed by atoms with Crippen molar-refractivity contribution >= 4 is 11.9 Å². The molecule has 0 atom stereocenters. The smallest absolute Gasteiger partial charge is 0.241 e. The van der Waals surface area contributed by atoms with Crippen LogP contribution in [0.15, 0.2) is 35.3 Å². The highest BCUT2D eigenvalue weighted by atomic mass is 16.2. The minimum Gasteiger partial charge on any atom is -0.355 e. The Morgan fingerprint density at radius 2 is 1.76 bits per heavy atom. The Balaban J connectivity index is 1.31. The highest BCUT2D eigenvalue weighted by Crippen LogP contribution is 2.21. The number of nitrogens with one attached hydrogen (secondary N) is 2.